The Bertz CT molecular complexity index is 634. The van der Waals surface area contributed by atoms with Crippen molar-refractivity contribution >= 4 is 11.6 Å². The zero-order valence-electron chi connectivity index (χ0n) is 9.58. The van der Waals surface area contributed by atoms with Crippen LogP contribution in [-0.2, 0) is 0 Å². The summed E-state index contributed by atoms with van der Waals surface area (Å²) in [6, 6.07) is 11.7. The molecule has 0 heterocycles. The van der Waals surface area contributed by atoms with Gasteiger partial charge in [-0.1, -0.05) is 29.8 Å². The lowest BCUT2D eigenvalue weighted by molar-refractivity contribution is 0.414. The predicted molar refractivity (Wildman–Crippen MR) is 68.1 cm³/mol. The first-order valence-corrected chi connectivity index (χ1v) is 5.57. The first-order chi connectivity index (χ1) is 8.67. The van der Waals surface area contributed by atoms with Gasteiger partial charge in [-0.25, -0.2) is 4.39 Å². The maximum atomic E-state index is 14.0. The molecule has 0 aliphatic rings. The zero-order valence-corrected chi connectivity index (χ0v) is 10.3. The summed E-state index contributed by atoms with van der Waals surface area (Å²) < 4.78 is 19.1. The molecule has 0 spiro atoms. The molecule has 18 heavy (non-hydrogen) atoms. The summed E-state index contributed by atoms with van der Waals surface area (Å²) in [4.78, 5) is 0. The highest BCUT2D eigenvalue weighted by Crippen LogP contribution is 2.33. The van der Waals surface area contributed by atoms with Crippen molar-refractivity contribution in [3.63, 3.8) is 0 Å². The van der Waals surface area contributed by atoms with Gasteiger partial charge in [0.05, 0.1) is 23.8 Å². The maximum absolute atomic E-state index is 14.0. The highest BCUT2D eigenvalue weighted by Gasteiger charge is 2.14. The molecule has 0 N–H and O–H groups in total. The topological polar surface area (TPSA) is 33.0 Å². The van der Waals surface area contributed by atoms with Gasteiger partial charge >= 0.3 is 0 Å². The van der Waals surface area contributed by atoms with E-state index >= 15 is 0 Å². The van der Waals surface area contributed by atoms with Gasteiger partial charge in [-0.05, 0) is 12.1 Å². The van der Waals surface area contributed by atoms with Crippen LogP contribution in [0, 0.1) is 17.1 Å². The number of hydrogen-bond acceptors (Lipinski definition) is 2. The van der Waals surface area contributed by atoms with E-state index in [2.05, 4.69) is 0 Å². The van der Waals surface area contributed by atoms with Crippen molar-refractivity contribution in [1.29, 1.82) is 5.26 Å². The Morgan fingerprint density at radius 2 is 1.94 bits per heavy atom. The van der Waals surface area contributed by atoms with E-state index in [4.69, 9.17) is 21.6 Å². The molecule has 0 saturated heterocycles. The third kappa shape index (κ3) is 2.15. The van der Waals surface area contributed by atoms with Crippen molar-refractivity contribution in [1.82, 2.24) is 0 Å². The molecule has 0 bridgehead atoms. The molecular formula is C14H9ClFNO. The number of methoxy groups -OCH3 is 1. The van der Waals surface area contributed by atoms with Crippen LogP contribution in [0.1, 0.15) is 5.56 Å². The number of benzene rings is 2. The summed E-state index contributed by atoms with van der Waals surface area (Å²) in [5, 5.41) is 9.00. The summed E-state index contributed by atoms with van der Waals surface area (Å²) in [5.74, 6) is -0.107. The normalized spacial score (nSPS) is 9.89. The van der Waals surface area contributed by atoms with Gasteiger partial charge in [0.1, 0.15) is 11.6 Å². The first kappa shape index (κ1) is 12.4. The van der Waals surface area contributed by atoms with Crippen molar-refractivity contribution < 1.29 is 9.13 Å². The standard InChI is InChI=1S/C14H9ClFNO/c1-18-10-6-12(14(16)13(15)7-10)11-5-3-2-4-9(11)8-17/h2-7H,1H3. The molecule has 0 radical (unpaired) electrons. The number of nitriles is 1. The smallest absolute Gasteiger partial charge is 0.149 e. The molecule has 0 aromatic heterocycles. The summed E-state index contributed by atoms with van der Waals surface area (Å²) in [5.41, 5.74) is 1.15. The molecule has 4 heteroatoms. The van der Waals surface area contributed by atoms with Gasteiger partial charge < -0.3 is 4.74 Å². The van der Waals surface area contributed by atoms with Gasteiger partial charge in [-0.3, -0.25) is 0 Å². The lowest BCUT2D eigenvalue weighted by atomic mass is 10.00. The van der Waals surface area contributed by atoms with Gasteiger partial charge in [-0.15, -0.1) is 0 Å². The van der Waals surface area contributed by atoms with Crippen LogP contribution in [0.25, 0.3) is 11.1 Å². The van der Waals surface area contributed by atoms with Crippen LogP contribution in [0.3, 0.4) is 0 Å². The SMILES string of the molecule is COc1cc(Cl)c(F)c(-c2ccccc2C#N)c1. The molecule has 0 aliphatic heterocycles. The van der Waals surface area contributed by atoms with Crippen molar-refractivity contribution in [2.24, 2.45) is 0 Å². The highest BCUT2D eigenvalue weighted by atomic mass is 35.5. The summed E-state index contributed by atoms with van der Waals surface area (Å²) >= 11 is 5.81. The quantitative estimate of drug-likeness (QED) is 0.818. The number of rotatable bonds is 2. The van der Waals surface area contributed by atoms with Crippen LogP contribution in [0.4, 0.5) is 4.39 Å². The van der Waals surface area contributed by atoms with Gasteiger partial charge in [0.2, 0.25) is 0 Å². The average Bonchev–Trinajstić information content (AvgIpc) is 2.41. The number of hydrogen-bond donors (Lipinski definition) is 0. The molecule has 2 nitrogen and oxygen atoms in total. The van der Waals surface area contributed by atoms with E-state index < -0.39 is 5.82 Å². The van der Waals surface area contributed by atoms with Gasteiger partial charge in [0.15, 0.2) is 0 Å². The van der Waals surface area contributed by atoms with Crippen molar-refractivity contribution in [3.05, 3.63) is 52.8 Å². The molecule has 0 unspecified atom stereocenters. The molecule has 0 aliphatic carbocycles. The van der Waals surface area contributed by atoms with E-state index in [1.165, 1.54) is 19.2 Å². The van der Waals surface area contributed by atoms with E-state index in [-0.39, 0.29) is 10.6 Å². The van der Waals surface area contributed by atoms with Crippen LogP contribution in [0.2, 0.25) is 5.02 Å². The van der Waals surface area contributed by atoms with Gasteiger partial charge in [0.25, 0.3) is 0 Å². The van der Waals surface area contributed by atoms with Gasteiger partial charge in [0, 0.05) is 17.2 Å². The van der Waals surface area contributed by atoms with E-state index in [1.807, 2.05) is 6.07 Å². The fourth-order valence-electron chi connectivity index (χ4n) is 1.69. The third-order valence-electron chi connectivity index (χ3n) is 2.58. The minimum atomic E-state index is -0.555. The third-order valence-corrected chi connectivity index (χ3v) is 2.85. The van der Waals surface area contributed by atoms with Crippen LogP contribution >= 0.6 is 11.6 Å². The Morgan fingerprint density at radius 1 is 1.22 bits per heavy atom. The van der Waals surface area contributed by atoms with Crippen molar-refractivity contribution in [2.45, 2.75) is 0 Å². The molecule has 0 fully saturated rings. The Morgan fingerprint density at radius 3 is 2.61 bits per heavy atom. The van der Waals surface area contributed by atoms with Crippen LogP contribution in [0.5, 0.6) is 5.75 Å². The summed E-state index contributed by atoms with van der Waals surface area (Å²) in [6.07, 6.45) is 0. The van der Waals surface area contributed by atoms with E-state index in [1.54, 1.807) is 24.3 Å². The van der Waals surface area contributed by atoms with Crippen LogP contribution in [-0.4, -0.2) is 7.11 Å². The lowest BCUT2D eigenvalue weighted by Gasteiger charge is -2.09. The molecule has 2 rings (SSSR count). The minimum absolute atomic E-state index is 0.0305. The molecule has 2 aromatic rings. The predicted octanol–water partition coefficient (Wildman–Crippen LogP) is 4.03. The second-order valence-corrected chi connectivity index (χ2v) is 4.04. The second-order valence-electron chi connectivity index (χ2n) is 3.63. The Labute approximate surface area is 109 Å². The highest BCUT2D eigenvalue weighted by molar-refractivity contribution is 6.31. The number of halogens is 2. The Kier molecular flexibility index (Phi) is 3.50. The Hall–Kier alpha value is -2.05. The first-order valence-electron chi connectivity index (χ1n) is 5.20. The average molecular weight is 262 g/mol. The molecule has 0 saturated carbocycles. The summed E-state index contributed by atoms with van der Waals surface area (Å²) in [7, 11) is 1.48. The lowest BCUT2D eigenvalue weighted by Crippen LogP contribution is -1.92. The second kappa shape index (κ2) is 5.07. The van der Waals surface area contributed by atoms with Crippen LogP contribution < -0.4 is 4.74 Å². The fraction of sp³-hybridized carbons (Fsp3) is 0.0714. The fourth-order valence-corrected chi connectivity index (χ4v) is 1.90. The maximum Gasteiger partial charge on any atom is 0.149 e. The molecular weight excluding hydrogens is 253 g/mol. The van der Waals surface area contributed by atoms with Crippen molar-refractivity contribution in [2.75, 3.05) is 7.11 Å². The molecule has 2 aromatic carbocycles. The van der Waals surface area contributed by atoms with Crippen molar-refractivity contribution in [3.8, 4) is 22.9 Å². The minimum Gasteiger partial charge on any atom is -0.497 e. The zero-order chi connectivity index (χ0) is 13.1. The largest absolute Gasteiger partial charge is 0.497 e. The van der Waals surface area contributed by atoms with E-state index in [9.17, 15) is 4.39 Å². The molecule has 90 valence electrons. The van der Waals surface area contributed by atoms with Crippen LogP contribution in [0.15, 0.2) is 36.4 Å². The van der Waals surface area contributed by atoms with Gasteiger partial charge in [-0.2, -0.15) is 5.26 Å². The summed E-state index contributed by atoms with van der Waals surface area (Å²) in [6.45, 7) is 0. The molecule has 0 amide bonds. The monoisotopic (exact) mass is 261 g/mol. The van der Waals surface area contributed by atoms with E-state index in [0.717, 1.165) is 0 Å². The van der Waals surface area contributed by atoms with E-state index in [0.29, 0.717) is 16.9 Å². The Balaban J connectivity index is 2.71. The number of nitrogens with zero attached hydrogens (tertiary/aromatic N) is 1. The number of ether oxygens (including phenoxy) is 1. The molecule has 0 atom stereocenters.